The van der Waals surface area contributed by atoms with Crippen LogP contribution in [-0.4, -0.2) is 50.1 Å². The van der Waals surface area contributed by atoms with Crippen LogP contribution in [0.1, 0.15) is 32.1 Å². The summed E-state index contributed by atoms with van der Waals surface area (Å²) >= 11 is 0. The molecule has 0 aromatic heterocycles. The molecular weight excluding hydrogens is 298 g/mol. The lowest BCUT2D eigenvalue weighted by atomic mass is 9.97. The normalized spacial score (nSPS) is 19.0. The van der Waals surface area contributed by atoms with E-state index >= 15 is 0 Å². The smallest absolute Gasteiger partial charge is 0.234 e. The summed E-state index contributed by atoms with van der Waals surface area (Å²) in [5.41, 5.74) is 2.81. The van der Waals surface area contributed by atoms with E-state index in [0.717, 1.165) is 39.1 Å². The van der Waals surface area contributed by atoms with Crippen LogP contribution in [0.4, 0.5) is 5.69 Å². The average Bonchev–Trinajstić information content (AvgIpc) is 2.64. The van der Waals surface area contributed by atoms with Gasteiger partial charge in [0.25, 0.3) is 0 Å². The highest BCUT2D eigenvalue weighted by Crippen LogP contribution is 2.19. The Labute approximate surface area is 145 Å². The molecule has 130 valence electrons. The lowest BCUT2D eigenvalue weighted by Gasteiger charge is -2.35. The van der Waals surface area contributed by atoms with Crippen molar-refractivity contribution < 1.29 is 4.79 Å². The number of anilines is 1. The van der Waals surface area contributed by atoms with E-state index in [4.69, 9.17) is 0 Å². The van der Waals surface area contributed by atoms with E-state index in [2.05, 4.69) is 45.5 Å². The van der Waals surface area contributed by atoms with E-state index in [1.54, 1.807) is 0 Å². The molecule has 1 N–H and O–H groups in total. The van der Waals surface area contributed by atoms with Crippen molar-refractivity contribution in [2.45, 2.75) is 32.1 Å². The zero-order chi connectivity index (χ0) is 16.6. The van der Waals surface area contributed by atoms with Gasteiger partial charge in [0.05, 0.1) is 6.54 Å². The number of hydrogen-bond acceptors (Lipinski definition) is 3. The first-order valence-corrected chi connectivity index (χ1v) is 9.28. The predicted octanol–water partition coefficient (Wildman–Crippen LogP) is 2.82. The van der Waals surface area contributed by atoms with Crippen LogP contribution in [0.2, 0.25) is 0 Å². The van der Waals surface area contributed by atoms with Crippen LogP contribution in [0.5, 0.6) is 0 Å². The Morgan fingerprint density at radius 3 is 2.54 bits per heavy atom. The summed E-state index contributed by atoms with van der Waals surface area (Å²) in [7, 11) is 0. The molecule has 0 saturated carbocycles. The van der Waals surface area contributed by atoms with Gasteiger partial charge in [0.1, 0.15) is 0 Å². The van der Waals surface area contributed by atoms with Crippen molar-refractivity contribution in [1.82, 2.24) is 10.2 Å². The summed E-state index contributed by atoms with van der Waals surface area (Å²) in [6, 6.07) is 10.5. The summed E-state index contributed by atoms with van der Waals surface area (Å²) < 4.78 is 0. The quantitative estimate of drug-likeness (QED) is 0.816. The topological polar surface area (TPSA) is 35.6 Å². The fraction of sp³-hybridized carbons (Fsp3) is 0.550. The molecule has 1 amide bonds. The molecule has 1 aromatic carbocycles. The van der Waals surface area contributed by atoms with Crippen molar-refractivity contribution in [2.24, 2.45) is 0 Å². The Balaban J connectivity index is 1.33. The predicted molar refractivity (Wildman–Crippen MR) is 99.3 cm³/mol. The average molecular weight is 327 g/mol. The molecule has 24 heavy (non-hydrogen) atoms. The summed E-state index contributed by atoms with van der Waals surface area (Å²) in [5, 5.41) is 3.09. The number of para-hydroxylation sites is 1. The molecule has 4 nitrogen and oxygen atoms in total. The Kier molecular flexibility index (Phi) is 6.30. The lowest BCUT2D eigenvalue weighted by molar-refractivity contribution is -0.122. The van der Waals surface area contributed by atoms with Crippen molar-refractivity contribution in [1.29, 1.82) is 0 Å². The number of nitrogens with zero attached hydrogens (tertiary/aromatic N) is 2. The maximum absolute atomic E-state index is 12.1. The zero-order valence-corrected chi connectivity index (χ0v) is 14.5. The van der Waals surface area contributed by atoms with Crippen molar-refractivity contribution in [3.63, 3.8) is 0 Å². The Hall–Kier alpha value is -1.81. The van der Waals surface area contributed by atoms with Gasteiger partial charge in [-0.2, -0.15) is 0 Å². The minimum Gasteiger partial charge on any atom is -0.369 e. The molecule has 3 rings (SSSR count). The van der Waals surface area contributed by atoms with E-state index in [1.807, 2.05) is 6.07 Å². The minimum absolute atomic E-state index is 0.166. The summed E-state index contributed by atoms with van der Waals surface area (Å²) in [4.78, 5) is 16.8. The van der Waals surface area contributed by atoms with Crippen LogP contribution in [0.25, 0.3) is 0 Å². The molecule has 0 unspecified atom stereocenters. The van der Waals surface area contributed by atoms with Crippen LogP contribution < -0.4 is 10.2 Å². The molecule has 4 heteroatoms. The largest absolute Gasteiger partial charge is 0.369 e. The van der Waals surface area contributed by atoms with Crippen LogP contribution in [0, 0.1) is 0 Å². The number of carbonyl (C=O) groups excluding carboxylic acids is 1. The van der Waals surface area contributed by atoms with E-state index in [0.29, 0.717) is 6.54 Å². The third-order valence-electron chi connectivity index (χ3n) is 5.01. The minimum atomic E-state index is 0.166. The van der Waals surface area contributed by atoms with Crippen LogP contribution in [-0.2, 0) is 4.79 Å². The second kappa shape index (κ2) is 8.88. The van der Waals surface area contributed by atoms with Gasteiger partial charge in [-0.25, -0.2) is 0 Å². The number of rotatable bonds is 6. The first-order valence-electron chi connectivity index (χ1n) is 9.28. The molecule has 1 aliphatic carbocycles. The molecule has 0 atom stereocenters. The standard InChI is InChI=1S/C20H29N3O/c24-20(21-12-11-18-7-3-1-4-8-18)17-22-13-15-23(16-14-22)19-9-5-2-6-10-19/h2,5-7,9-10H,1,3-4,8,11-17H2,(H,21,24). The fourth-order valence-corrected chi connectivity index (χ4v) is 3.56. The van der Waals surface area contributed by atoms with Crippen molar-refractivity contribution in [3.8, 4) is 0 Å². The van der Waals surface area contributed by atoms with Gasteiger partial charge < -0.3 is 10.2 Å². The van der Waals surface area contributed by atoms with Gasteiger partial charge in [0.15, 0.2) is 0 Å². The van der Waals surface area contributed by atoms with Crippen LogP contribution in [0.15, 0.2) is 42.0 Å². The van der Waals surface area contributed by atoms with Crippen molar-refractivity contribution in [2.75, 3.05) is 44.2 Å². The van der Waals surface area contributed by atoms with Gasteiger partial charge in [-0.15, -0.1) is 0 Å². The van der Waals surface area contributed by atoms with E-state index < -0.39 is 0 Å². The Morgan fingerprint density at radius 1 is 1.04 bits per heavy atom. The first kappa shape index (κ1) is 17.0. The number of hydrogen-bond donors (Lipinski definition) is 1. The highest BCUT2D eigenvalue weighted by Gasteiger charge is 2.18. The number of piperazine rings is 1. The van der Waals surface area contributed by atoms with E-state index in [1.165, 1.54) is 36.9 Å². The van der Waals surface area contributed by atoms with Gasteiger partial charge in [0, 0.05) is 38.4 Å². The number of nitrogens with one attached hydrogen (secondary N) is 1. The monoisotopic (exact) mass is 327 g/mol. The Bertz CT molecular complexity index is 547. The molecule has 0 radical (unpaired) electrons. The third-order valence-corrected chi connectivity index (χ3v) is 5.01. The number of allylic oxidation sites excluding steroid dienone is 1. The maximum Gasteiger partial charge on any atom is 0.234 e. The summed E-state index contributed by atoms with van der Waals surface area (Å²) in [6.45, 7) is 5.20. The fourth-order valence-electron chi connectivity index (χ4n) is 3.56. The molecule has 0 spiro atoms. The molecule has 2 aliphatic rings. The SMILES string of the molecule is O=C(CN1CCN(c2ccccc2)CC1)NCCC1=CCCCC1. The van der Waals surface area contributed by atoms with Crippen molar-refractivity contribution >= 4 is 11.6 Å². The number of benzene rings is 1. The highest BCUT2D eigenvalue weighted by atomic mass is 16.2. The molecule has 1 aliphatic heterocycles. The van der Waals surface area contributed by atoms with E-state index in [9.17, 15) is 4.79 Å². The molecule has 1 fully saturated rings. The summed E-state index contributed by atoms with van der Waals surface area (Å²) in [6.07, 6.45) is 8.45. The van der Waals surface area contributed by atoms with Gasteiger partial charge in [0.2, 0.25) is 5.91 Å². The Morgan fingerprint density at radius 2 is 1.83 bits per heavy atom. The van der Waals surface area contributed by atoms with Crippen LogP contribution in [0.3, 0.4) is 0 Å². The maximum atomic E-state index is 12.1. The molecule has 0 bridgehead atoms. The third kappa shape index (κ3) is 5.10. The summed E-state index contributed by atoms with van der Waals surface area (Å²) in [5.74, 6) is 0.166. The van der Waals surface area contributed by atoms with Gasteiger partial charge in [-0.3, -0.25) is 9.69 Å². The molecule has 1 heterocycles. The highest BCUT2D eigenvalue weighted by molar-refractivity contribution is 5.78. The van der Waals surface area contributed by atoms with E-state index in [-0.39, 0.29) is 5.91 Å². The molecule has 1 saturated heterocycles. The lowest BCUT2D eigenvalue weighted by Crippen LogP contribution is -2.49. The second-order valence-electron chi connectivity index (χ2n) is 6.81. The van der Waals surface area contributed by atoms with Gasteiger partial charge in [-0.05, 0) is 44.2 Å². The number of carbonyl (C=O) groups is 1. The second-order valence-corrected chi connectivity index (χ2v) is 6.81. The van der Waals surface area contributed by atoms with Crippen molar-refractivity contribution in [3.05, 3.63) is 42.0 Å². The number of amides is 1. The van der Waals surface area contributed by atoms with Gasteiger partial charge >= 0.3 is 0 Å². The molecule has 1 aromatic rings. The van der Waals surface area contributed by atoms with Gasteiger partial charge in [-0.1, -0.05) is 29.8 Å². The van der Waals surface area contributed by atoms with Crippen LogP contribution >= 0.6 is 0 Å². The molecular formula is C20H29N3O. The zero-order valence-electron chi connectivity index (χ0n) is 14.5. The first-order chi connectivity index (χ1) is 11.8.